The summed E-state index contributed by atoms with van der Waals surface area (Å²) in [7, 11) is 4.00. The summed E-state index contributed by atoms with van der Waals surface area (Å²) in [5.74, 6) is -16.7. The molecule has 0 aliphatic rings. The first-order valence-corrected chi connectivity index (χ1v) is 4.74. The van der Waals surface area contributed by atoms with Crippen LogP contribution in [0.2, 0.25) is 0 Å². The molecular weight excluding hydrogens is 301 g/mol. The van der Waals surface area contributed by atoms with Crippen LogP contribution < -0.4 is 9.67 Å². The molecule has 20 heavy (non-hydrogen) atoms. The van der Waals surface area contributed by atoms with Gasteiger partial charge in [0.25, 0.3) is 0 Å². The molecule has 116 valence electrons. The van der Waals surface area contributed by atoms with Gasteiger partial charge in [-0.05, 0) is 0 Å². The summed E-state index contributed by atoms with van der Waals surface area (Å²) in [6.45, 7) is 0. The monoisotopic (exact) mass is 310 g/mol. The van der Waals surface area contributed by atoms with Crippen LogP contribution in [0.4, 0.5) is 30.7 Å². The fourth-order valence-corrected chi connectivity index (χ4v) is 0.881. The van der Waals surface area contributed by atoms with Crippen LogP contribution in [0.5, 0.6) is 0 Å². The van der Waals surface area contributed by atoms with Gasteiger partial charge in [0.1, 0.15) is 18.4 Å². The minimum atomic E-state index is -6.64. The zero-order chi connectivity index (χ0) is 16.4. The molecule has 0 saturated heterocycles. The van der Waals surface area contributed by atoms with Gasteiger partial charge in [0.05, 0.1) is 14.1 Å². The van der Waals surface area contributed by atoms with Crippen molar-refractivity contribution in [3.05, 3.63) is 18.7 Å². The second-order valence-electron chi connectivity index (χ2n) is 3.68. The third-order valence-electron chi connectivity index (χ3n) is 1.91. The summed E-state index contributed by atoms with van der Waals surface area (Å²) in [4.78, 5) is 9.27. The lowest BCUT2D eigenvalue weighted by atomic mass is 10.1. The van der Waals surface area contributed by atoms with Crippen molar-refractivity contribution in [3.8, 4) is 0 Å². The van der Waals surface area contributed by atoms with Gasteiger partial charge in [-0.15, -0.1) is 0 Å². The number of rotatable bonds is 2. The molecule has 1 rings (SSSR count). The fourth-order valence-electron chi connectivity index (χ4n) is 0.881. The fraction of sp³-hybridized carbons (Fsp3) is 0.556. The van der Waals surface area contributed by atoms with Gasteiger partial charge in [-0.3, -0.25) is 0 Å². The topological polar surface area (TPSA) is 48.9 Å². The summed E-state index contributed by atoms with van der Waals surface area (Å²) in [6.07, 6.45) is -0.642. The van der Waals surface area contributed by atoms with E-state index in [2.05, 4.69) is 0 Å². The molecule has 4 nitrogen and oxygen atoms in total. The van der Waals surface area contributed by atoms with Crippen molar-refractivity contribution in [1.82, 2.24) is 4.57 Å². The van der Waals surface area contributed by atoms with Crippen LogP contribution in [0.3, 0.4) is 0 Å². The molecule has 0 saturated carbocycles. The molecule has 0 radical (unpaired) electrons. The number of aromatic nitrogens is 2. The average Bonchev–Trinajstić information content (AvgIpc) is 2.61. The maximum absolute atomic E-state index is 11.7. The highest BCUT2D eigenvalue weighted by Gasteiger charge is 2.73. The van der Waals surface area contributed by atoms with Crippen LogP contribution in [0.25, 0.3) is 0 Å². The van der Waals surface area contributed by atoms with Crippen molar-refractivity contribution < 1.29 is 45.2 Å². The number of carbonyl (C=O) groups excluding carboxylic acids is 1. The van der Waals surface area contributed by atoms with Crippen LogP contribution in [0.1, 0.15) is 0 Å². The van der Waals surface area contributed by atoms with E-state index in [0.29, 0.717) is 0 Å². The summed E-state index contributed by atoms with van der Waals surface area (Å²) in [6, 6.07) is 0. The van der Waals surface area contributed by atoms with Crippen molar-refractivity contribution in [3.63, 3.8) is 0 Å². The lowest BCUT2D eigenvalue weighted by molar-refractivity contribution is -0.670. The number of halogens is 7. The van der Waals surface area contributed by atoms with Gasteiger partial charge in [0, 0.05) is 0 Å². The van der Waals surface area contributed by atoms with Crippen molar-refractivity contribution in [1.29, 1.82) is 0 Å². The third kappa shape index (κ3) is 3.84. The van der Waals surface area contributed by atoms with Gasteiger partial charge in [-0.2, -0.15) is 30.7 Å². The molecule has 0 N–H and O–H groups in total. The maximum atomic E-state index is 11.7. The van der Waals surface area contributed by atoms with E-state index in [4.69, 9.17) is 0 Å². The van der Waals surface area contributed by atoms with Gasteiger partial charge in [0.15, 0.2) is 0 Å². The Morgan fingerprint density at radius 1 is 1.15 bits per heavy atom. The Morgan fingerprint density at radius 3 is 1.70 bits per heavy atom. The quantitative estimate of drug-likeness (QED) is 0.587. The average molecular weight is 310 g/mol. The lowest BCUT2D eigenvalue weighted by Crippen LogP contribution is -2.60. The van der Waals surface area contributed by atoms with E-state index in [1.165, 1.54) is 0 Å². The van der Waals surface area contributed by atoms with Gasteiger partial charge < -0.3 is 9.90 Å². The molecule has 0 atom stereocenters. The Morgan fingerprint density at radius 2 is 1.60 bits per heavy atom. The van der Waals surface area contributed by atoms with Crippen LogP contribution in [-0.2, 0) is 18.9 Å². The van der Waals surface area contributed by atoms with E-state index in [0.717, 1.165) is 0 Å². The zero-order valence-corrected chi connectivity index (χ0v) is 10.1. The maximum Gasteiger partial charge on any atom is 0.460 e. The van der Waals surface area contributed by atoms with E-state index in [1.54, 1.807) is 0 Å². The van der Waals surface area contributed by atoms with Crippen LogP contribution >= 0.6 is 0 Å². The van der Waals surface area contributed by atoms with Crippen LogP contribution in [0.15, 0.2) is 18.7 Å². The molecule has 0 bridgehead atoms. The number of alkyl halides is 7. The standard InChI is InChI=1S/C5H9N2.C4HF7O2/c1-6-3-4-7(2)5-6;5-2(6,1(12)13)3(7,8)4(9,10)11/h3-5H,1-2H3;(H,12,13)/q+1;/p-1. The first kappa shape index (κ1) is 18.2. The predicted molar refractivity (Wildman–Crippen MR) is 47.5 cm³/mol. The molecule has 0 spiro atoms. The van der Waals surface area contributed by atoms with Crippen molar-refractivity contribution in [2.45, 2.75) is 18.0 Å². The zero-order valence-electron chi connectivity index (χ0n) is 10.1. The number of carboxylic acids is 1. The number of imidazole rings is 1. The smallest absolute Gasteiger partial charge is 0.460 e. The highest BCUT2D eigenvalue weighted by atomic mass is 19.4. The first-order chi connectivity index (χ1) is 8.73. The molecule has 0 aliphatic carbocycles. The second-order valence-corrected chi connectivity index (χ2v) is 3.68. The minimum Gasteiger partial charge on any atom is -0.544 e. The highest BCUT2D eigenvalue weighted by molar-refractivity contribution is 5.74. The van der Waals surface area contributed by atoms with Crippen LogP contribution in [-0.4, -0.2) is 28.6 Å². The second kappa shape index (κ2) is 5.67. The van der Waals surface area contributed by atoms with Crippen molar-refractivity contribution in [2.24, 2.45) is 14.1 Å². The van der Waals surface area contributed by atoms with Crippen LogP contribution in [0, 0.1) is 0 Å². The normalized spacial score (nSPS) is 12.7. The number of aliphatic carboxylic acids is 1. The summed E-state index contributed by atoms with van der Waals surface area (Å²) >= 11 is 0. The van der Waals surface area contributed by atoms with E-state index in [1.807, 2.05) is 42.0 Å². The Balaban J connectivity index is 0.000000428. The number of hydrogen-bond donors (Lipinski definition) is 0. The largest absolute Gasteiger partial charge is 0.544 e. The molecule has 0 aromatic carbocycles. The van der Waals surface area contributed by atoms with Crippen molar-refractivity contribution in [2.75, 3.05) is 0 Å². The van der Waals surface area contributed by atoms with E-state index < -0.39 is 24.0 Å². The minimum absolute atomic E-state index is 2.00. The number of nitrogens with zero attached hydrogens (tertiary/aromatic N) is 2. The van der Waals surface area contributed by atoms with Crippen molar-refractivity contribution >= 4 is 5.97 Å². The van der Waals surface area contributed by atoms with E-state index in [9.17, 15) is 40.6 Å². The van der Waals surface area contributed by atoms with E-state index in [-0.39, 0.29) is 0 Å². The number of aryl methyl sites for hydroxylation is 2. The summed E-state index contributed by atoms with van der Waals surface area (Å²) < 4.78 is 84.2. The van der Waals surface area contributed by atoms with Gasteiger partial charge >= 0.3 is 18.0 Å². The summed E-state index contributed by atoms with van der Waals surface area (Å²) in [5, 5.41) is 9.27. The number of carbonyl (C=O) groups is 1. The number of carboxylic acid groups (broad SMARTS) is 1. The molecular formula is C9H9F7N2O2. The molecule has 0 fully saturated rings. The highest BCUT2D eigenvalue weighted by Crippen LogP contribution is 2.46. The molecule has 0 aliphatic heterocycles. The number of hydrogen-bond acceptors (Lipinski definition) is 2. The Bertz CT molecular complexity index is 451. The molecule has 0 unspecified atom stereocenters. The first-order valence-electron chi connectivity index (χ1n) is 4.74. The Hall–Kier alpha value is -1.81. The predicted octanol–water partition coefficient (Wildman–Crippen LogP) is 0.419. The third-order valence-corrected chi connectivity index (χ3v) is 1.91. The summed E-state index contributed by atoms with van der Waals surface area (Å²) in [5.41, 5.74) is 0. The van der Waals surface area contributed by atoms with Gasteiger partial charge in [0.2, 0.25) is 6.33 Å². The molecule has 11 heteroatoms. The molecule has 0 amide bonds. The lowest BCUT2D eigenvalue weighted by Gasteiger charge is -2.28. The van der Waals surface area contributed by atoms with Gasteiger partial charge in [-0.1, -0.05) is 0 Å². The Labute approximate surface area is 108 Å². The molecule has 1 aromatic heterocycles. The molecule has 1 heterocycles. The van der Waals surface area contributed by atoms with E-state index >= 15 is 0 Å². The Kier molecular flexibility index (Phi) is 5.16. The SMILES string of the molecule is Cn1cc[n+](C)c1.O=C([O-])C(F)(F)C(F)(F)C(F)(F)F. The van der Waals surface area contributed by atoms with Gasteiger partial charge in [-0.25, -0.2) is 9.13 Å². The molecule has 1 aromatic rings.